The second kappa shape index (κ2) is 5.51. The van der Waals surface area contributed by atoms with Gasteiger partial charge >= 0.3 is 0 Å². The first-order valence-electron chi connectivity index (χ1n) is 7.22. The number of anilines is 1. The normalized spacial score (nSPS) is 27.8. The number of hydrogen-bond acceptors (Lipinski definition) is 5. The first kappa shape index (κ1) is 12.9. The maximum Gasteiger partial charge on any atom is 0.297 e. The Morgan fingerprint density at radius 1 is 1.47 bits per heavy atom. The summed E-state index contributed by atoms with van der Waals surface area (Å²) >= 11 is 0. The van der Waals surface area contributed by atoms with Crippen molar-refractivity contribution in [1.82, 2.24) is 10.3 Å². The predicted molar refractivity (Wildman–Crippen MR) is 73.2 cm³/mol. The number of hydrogen-bond donors (Lipinski definition) is 1. The first-order valence-corrected chi connectivity index (χ1v) is 7.22. The molecule has 0 aromatic carbocycles. The molecule has 2 fully saturated rings. The van der Waals surface area contributed by atoms with Crippen LogP contribution in [-0.4, -0.2) is 37.3 Å². The maximum absolute atomic E-state index is 5.60. The van der Waals surface area contributed by atoms with Gasteiger partial charge in [-0.3, -0.25) is 0 Å². The van der Waals surface area contributed by atoms with Gasteiger partial charge in [0.1, 0.15) is 6.26 Å². The van der Waals surface area contributed by atoms with Gasteiger partial charge < -0.3 is 19.4 Å². The molecule has 2 unspecified atom stereocenters. The lowest BCUT2D eigenvalue weighted by Gasteiger charge is -2.35. The molecule has 1 aromatic heterocycles. The highest BCUT2D eigenvalue weighted by Crippen LogP contribution is 2.25. The molecule has 2 heterocycles. The lowest BCUT2D eigenvalue weighted by molar-refractivity contribution is 0.0486. The fourth-order valence-corrected chi connectivity index (χ4v) is 2.57. The quantitative estimate of drug-likeness (QED) is 0.879. The Balaban J connectivity index is 1.58. The molecule has 2 aliphatic rings. The second-order valence-corrected chi connectivity index (χ2v) is 5.76. The van der Waals surface area contributed by atoms with Crippen molar-refractivity contribution in [3.8, 4) is 0 Å². The number of aromatic nitrogens is 1. The van der Waals surface area contributed by atoms with Crippen molar-refractivity contribution in [1.29, 1.82) is 0 Å². The van der Waals surface area contributed by atoms with Crippen LogP contribution in [0.15, 0.2) is 10.7 Å². The van der Waals surface area contributed by atoms with E-state index in [9.17, 15) is 0 Å². The zero-order valence-electron chi connectivity index (χ0n) is 11.8. The van der Waals surface area contributed by atoms with E-state index in [1.165, 1.54) is 12.8 Å². The molecule has 1 N–H and O–H groups in total. The van der Waals surface area contributed by atoms with E-state index in [1.54, 1.807) is 13.4 Å². The Kier molecular flexibility index (Phi) is 3.75. The number of methoxy groups -OCH3 is 1. The molecule has 3 rings (SSSR count). The summed E-state index contributed by atoms with van der Waals surface area (Å²) < 4.78 is 11.1. The van der Waals surface area contributed by atoms with E-state index in [0.29, 0.717) is 12.0 Å². The van der Waals surface area contributed by atoms with Crippen molar-refractivity contribution in [3.63, 3.8) is 0 Å². The molecule has 1 aliphatic carbocycles. The number of nitrogens with one attached hydrogen (secondary N) is 1. The Bertz CT molecular complexity index is 417. The zero-order valence-corrected chi connectivity index (χ0v) is 11.8. The smallest absolute Gasteiger partial charge is 0.297 e. The Morgan fingerprint density at radius 3 is 3.05 bits per heavy atom. The minimum atomic E-state index is 0.272. The Hall–Kier alpha value is -1.07. The number of nitrogens with zero attached hydrogens (tertiary/aromatic N) is 2. The molecule has 0 radical (unpaired) electrons. The molecule has 1 aromatic rings. The SMILES string of the molecule is COC1CN(c2nc(CNC3CC3)co2)CCC1C. The van der Waals surface area contributed by atoms with E-state index in [2.05, 4.69) is 22.1 Å². The van der Waals surface area contributed by atoms with Crippen LogP contribution in [0.5, 0.6) is 0 Å². The summed E-state index contributed by atoms with van der Waals surface area (Å²) in [6, 6.07) is 1.44. The van der Waals surface area contributed by atoms with Crippen molar-refractivity contribution in [2.45, 2.75) is 44.9 Å². The molecule has 2 atom stereocenters. The molecule has 0 spiro atoms. The molecule has 1 aliphatic heterocycles. The predicted octanol–water partition coefficient (Wildman–Crippen LogP) is 1.79. The van der Waals surface area contributed by atoms with Crippen LogP contribution in [0.2, 0.25) is 0 Å². The molecular weight excluding hydrogens is 242 g/mol. The van der Waals surface area contributed by atoms with Gasteiger partial charge in [0, 0.05) is 32.8 Å². The molecule has 19 heavy (non-hydrogen) atoms. The molecule has 5 heteroatoms. The Labute approximate surface area is 114 Å². The van der Waals surface area contributed by atoms with Crippen LogP contribution >= 0.6 is 0 Å². The highest BCUT2D eigenvalue weighted by molar-refractivity contribution is 5.28. The monoisotopic (exact) mass is 265 g/mol. The summed E-state index contributed by atoms with van der Waals surface area (Å²) in [4.78, 5) is 6.76. The minimum Gasteiger partial charge on any atom is -0.432 e. The van der Waals surface area contributed by atoms with E-state index in [-0.39, 0.29) is 6.10 Å². The van der Waals surface area contributed by atoms with E-state index < -0.39 is 0 Å². The van der Waals surface area contributed by atoms with E-state index in [4.69, 9.17) is 9.15 Å². The maximum atomic E-state index is 5.60. The molecule has 0 amide bonds. The van der Waals surface area contributed by atoms with E-state index >= 15 is 0 Å². The summed E-state index contributed by atoms with van der Waals surface area (Å²) in [5.41, 5.74) is 0.995. The third-order valence-electron chi connectivity index (χ3n) is 4.15. The van der Waals surface area contributed by atoms with Crippen LogP contribution < -0.4 is 10.2 Å². The van der Waals surface area contributed by atoms with Crippen molar-refractivity contribution in [2.75, 3.05) is 25.1 Å². The van der Waals surface area contributed by atoms with Crippen LogP contribution in [0.25, 0.3) is 0 Å². The summed E-state index contributed by atoms with van der Waals surface area (Å²) in [5.74, 6) is 0.604. The zero-order chi connectivity index (χ0) is 13.2. The first-order chi connectivity index (χ1) is 9.26. The van der Waals surface area contributed by atoms with Gasteiger partial charge in [-0.1, -0.05) is 6.92 Å². The van der Waals surface area contributed by atoms with Crippen LogP contribution in [-0.2, 0) is 11.3 Å². The molecule has 1 saturated heterocycles. The van der Waals surface area contributed by atoms with Gasteiger partial charge in [0.25, 0.3) is 6.01 Å². The topological polar surface area (TPSA) is 50.5 Å². The van der Waals surface area contributed by atoms with Gasteiger partial charge in [-0.05, 0) is 25.2 Å². The van der Waals surface area contributed by atoms with Crippen molar-refractivity contribution in [3.05, 3.63) is 12.0 Å². The second-order valence-electron chi connectivity index (χ2n) is 5.76. The van der Waals surface area contributed by atoms with Crippen molar-refractivity contribution >= 4 is 6.01 Å². The third-order valence-corrected chi connectivity index (χ3v) is 4.15. The molecule has 5 nitrogen and oxygen atoms in total. The molecular formula is C14H23N3O2. The van der Waals surface area contributed by atoms with Crippen molar-refractivity contribution in [2.24, 2.45) is 5.92 Å². The van der Waals surface area contributed by atoms with E-state index in [0.717, 1.165) is 37.8 Å². The number of rotatable bonds is 5. The minimum absolute atomic E-state index is 0.272. The molecule has 106 valence electrons. The van der Waals surface area contributed by atoms with Gasteiger partial charge in [-0.2, -0.15) is 4.98 Å². The van der Waals surface area contributed by atoms with Gasteiger partial charge in [-0.15, -0.1) is 0 Å². The lowest BCUT2D eigenvalue weighted by atomic mass is 9.96. The Morgan fingerprint density at radius 2 is 2.32 bits per heavy atom. The fourth-order valence-electron chi connectivity index (χ4n) is 2.57. The highest BCUT2D eigenvalue weighted by Gasteiger charge is 2.28. The third kappa shape index (κ3) is 3.09. The van der Waals surface area contributed by atoms with Gasteiger partial charge in [0.2, 0.25) is 0 Å². The summed E-state index contributed by atoms with van der Waals surface area (Å²) in [6.45, 7) is 4.92. The van der Waals surface area contributed by atoms with Crippen LogP contribution in [0.3, 0.4) is 0 Å². The van der Waals surface area contributed by atoms with Gasteiger partial charge in [0.15, 0.2) is 0 Å². The average Bonchev–Trinajstić information content (AvgIpc) is 3.14. The van der Waals surface area contributed by atoms with Crippen LogP contribution in [0.1, 0.15) is 31.9 Å². The summed E-state index contributed by atoms with van der Waals surface area (Å²) in [5, 5.41) is 3.45. The largest absolute Gasteiger partial charge is 0.432 e. The molecule has 0 bridgehead atoms. The summed E-state index contributed by atoms with van der Waals surface area (Å²) in [6.07, 6.45) is 5.75. The number of ether oxygens (including phenoxy) is 1. The number of piperidine rings is 1. The number of oxazole rings is 1. The van der Waals surface area contributed by atoms with Crippen LogP contribution in [0.4, 0.5) is 6.01 Å². The summed E-state index contributed by atoms with van der Waals surface area (Å²) in [7, 11) is 1.78. The average molecular weight is 265 g/mol. The fraction of sp³-hybridized carbons (Fsp3) is 0.786. The van der Waals surface area contributed by atoms with E-state index in [1.807, 2.05) is 0 Å². The lowest BCUT2D eigenvalue weighted by Crippen LogP contribution is -2.44. The standard InChI is InChI=1S/C14H23N3O2/c1-10-5-6-17(8-13(10)18-2)14-16-12(9-19-14)7-15-11-3-4-11/h9-11,13,15H,3-8H2,1-2H3. The van der Waals surface area contributed by atoms with Gasteiger partial charge in [0.05, 0.1) is 11.8 Å². The van der Waals surface area contributed by atoms with Crippen LogP contribution in [0, 0.1) is 5.92 Å². The molecule has 1 saturated carbocycles. The van der Waals surface area contributed by atoms with Gasteiger partial charge in [-0.25, -0.2) is 0 Å². The van der Waals surface area contributed by atoms with Crippen molar-refractivity contribution < 1.29 is 9.15 Å². The highest BCUT2D eigenvalue weighted by atomic mass is 16.5.